The molecule has 2 aromatic heterocycles. The Hall–Kier alpha value is -2.14. The first-order chi connectivity index (χ1) is 10.3. The molecule has 1 N–H and O–H groups in total. The number of thiophene rings is 1. The minimum absolute atomic E-state index is 0.370. The zero-order valence-corrected chi connectivity index (χ0v) is 12.9. The first-order valence-corrected chi connectivity index (χ1v) is 7.76. The van der Waals surface area contributed by atoms with Gasteiger partial charge in [0, 0.05) is 11.4 Å². The number of aryl methyl sites for hydroxylation is 1. The summed E-state index contributed by atoms with van der Waals surface area (Å²) in [6.45, 7) is 5.35. The van der Waals surface area contributed by atoms with Crippen LogP contribution < -0.4 is 10.1 Å². The van der Waals surface area contributed by atoms with E-state index in [-0.39, 0.29) is 0 Å². The molecule has 0 aliphatic heterocycles. The third kappa shape index (κ3) is 3.13. The lowest BCUT2D eigenvalue weighted by Gasteiger charge is -2.08. The van der Waals surface area contributed by atoms with E-state index in [1.165, 1.54) is 4.88 Å². The Kier molecular flexibility index (Phi) is 4.01. The second-order valence-corrected chi connectivity index (χ2v) is 5.93. The molecule has 0 amide bonds. The number of hydrogen-bond acceptors (Lipinski definition) is 5. The van der Waals surface area contributed by atoms with Gasteiger partial charge >= 0.3 is 0 Å². The van der Waals surface area contributed by atoms with Crippen molar-refractivity contribution in [2.45, 2.75) is 20.5 Å². The molecule has 108 valence electrons. The van der Waals surface area contributed by atoms with Crippen LogP contribution in [0.5, 0.6) is 5.75 Å². The Labute approximate surface area is 127 Å². The first-order valence-electron chi connectivity index (χ1n) is 6.95. The summed E-state index contributed by atoms with van der Waals surface area (Å²) >= 11 is 1.68. The summed E-state index contributed by atoms with van der Waals surface area (Å²) in [5.74, 6) is 2.41. The summed E-state index contributed by atoms with van der Waals surface area (Å²) in [4.78, 5) is 11.4. The SMILES string of the molecule is CCNc1nc(COc2ccccc2)nc2sc(C)cc12. The minimum Gasteiger partial charge on any atom is -0.486 e. The number of rotatable bonds is 5. The summed E-state index contributed by atoms with van der Waals surface area (Å²) in [5, 5.41) is 4.39. The summed E-state index contributed by atoms with van der Waals surface area (Å²) in [5.41, 5.74) is 0. The standard InChI is InChI=1S/C16H17N3OS/c1-3-17-15-13-9-11(2)21-16(13)19-14(18-15)10-20-12-7-5-4-6-8-12/h4-9H,3,10H2,1-2H3,(H,17,18,19). The number of ether oxygens (including phenoxy) is 1. The molecule has 0 fully saturated rings. The summed E-state index contributed by atoms with van der Waals surface area (Å²) in [7, 11) is 0. The molecular weight excluding hydrogens is 282 g/mol. The topological polar surface area (TPSA) is 47.0 Å². The molecule has 0 spiro atoms. The van der Waals surface area contributed by atoms with Crippen LogP contribution in [0.4, 0.5) is 5.82 Å². The average molecular weight is 299 g/mol. The van der Waals surface area contributed by atoms with E-state index in [1.54, 1.807) is 11.3 Å². The third-order valence-electron chi connectivity index (χ3n) is 3.02. The highest BCUT2D eigenvalue weighted by Gasteiger charge is 2.10. The van der Waals surface area contributed by atoms with Crippen LogP contribution in [0.2, 0.25) is 0 Å². The quantitative estimate of drug-likeness (QED) is 0.773. The van der Waals surface area contributed by atoms with Crippen molar-refractivity contribution < 1.29 is 4.74 Å². The molecule has 3 rings (SSSR count). The van der Waals surface area contributed by atoms with E-state index >= 15 is 0 Å². The fourth-order valence-electron chi connectivity index (χ4n) is 2.12. The van der Waals surface area contributed by atoms with Crippen molar-refractivity contribution in [3.63, 3.8) is 0 Å². The van der Waals surface area contributed by atoms with Crippen molar-refractivity contribution in [1.82, 2.24) is 9.97 Å². The van der Waals surface area contributed by atoms with Crippen molar-refractivity contribution in [2.75, 3.05) is 11.9 Å². The zero-order chi connectivity index (χ0) is 14.7. The third-order valence-corrected chi connectivity index (χ3v) is 3.96. The van der Waals surface area contributed by atoms with Gasteiger partial charge < -0.3 is 10.1 Å². The maximum Gasteiger partial charge on any atom is 0.169 e. The fourth-order valence-corrected chi connectivity index (χ4v) is 3.02. The molecule has 2 heterocycles. The second-order valence-electron chi connectivity index (χ2n) is 4.70. The van der Waals surface area contributed by atoms with Gasteiger partial charge in [-0.1, -0.05) is 18.2 Å². The number of benzene rings is 1. The lowest BCUT2D eigenvalue weighted by Crippen LogP contribution is -2.06. The van der Waals surface area contributed by atoms with Crippen LogP contribution in [0.3, 0.4) is 0 Å². The normalized spacial score (nSPS) is 10.8. The van der Waals surface area contributed by atoms with Crippen molar-refractivity contribution in [3.8, 4) is 5.75 Å². The van der Waals surface area contributed by atoms with Crippen molar-refractivity contribution in [2.24, 2.45) is 0 Å². The molecule has 0 radical (unpaired) electrons. The van der Waals surface area contributed by atoms with Crippen molar-refractivity contribution >= 4 is 27.4 Å². The number of nitrogens with zero attached hydrogens (tertiary/aromatic N) is 2. The predicted octanol–water partition coefficient (Wildman–Crippen LogP) is 4.01. The molecule has 0 unspecified atom stereocenters. The van der Waals surface area contributed by atoms with Crippen LogP contribution in [-0.2, 0) is 6.61 Å². The van der Waals surface area contributed by atoms with Gasteiger partial charge in [0.2, 0.25) is 0 Å². The predicted molar refractivity (Wildman–Crippen MR) is 87.1 cm³/mol. The molecule has 21 heavy (non-hydrogen) atoms. The van der Waals surface area contributed by atoms with Crippen LogP contribution in [0, 0.1) is 6.92 Å². The first kappa shape index (κ1) is 13.8. The summed E-state index contributed by atoms with van der Waals surface area (Å²) in [6, 6.07) is 11.9. The highest BCUT2D eigenvalue weighted by Crippen LogP contribution is 2.28. The summed E-state index contributed by atoms with van der Waals surface area (Å²) in [6.07, 6.45) is 0. The molecule has 0 saturated heterocycles. The van der Waals surface area contributed by atoms with Gasteiger partial charge in [0.15, 0.2) is 5.82 Å². The van der Waals surface area contributed by atoms with Gasteiger partial charge in [-0.25, -0.2) is 9.97 Å². The van der Waals surface area contributed by atoms with Crippen LogP contribution in [-0.4, -0.2) is 16.5 Å². The molecule has 0 saturated carbocycles. The molecule has 5 heteroatoms. The average Bonchev–Trinajstić information content (AvgIpc) is 2.87. The number of nitrogens with one attached hydrogen (secondary N) is 1. The molecule has 1 aromatic carbocycles. The lowest BCUT2D eigenvalue weighted by molar-refractivity contribution is 0.296. The van der Waals surface area contributed by atoms with E-state index in [1.807, 2.05) is 30.3 Å². The molecule has 0 aliphatic carbocycles. The molecule has 4 nitrogen and oxygen atoms in total. The fraction of sp³-hybridized carbons (Fsp3) is 0.250. The van der Waals surface area contributed by atoms with Gasteiger partial charge in [0.25, 0.3) is 0 Å². The van der Waals surface area contributed by atoms with Crippen molar-refractivity contribution in [1.29, 1.82) is 0 Å². The zero-order valence-electron chi connectivity index (χ0n) is 12.1. The Morgan fingerprint density at radius 1 is 1.19 bits per heavy atom. The summed E-state index contributed by atoms with van der Waals surface area (Å²) < 4.78 is 5.73. The smallest absolute Gasteiger partial charge is 0.169 e. The Morgan fingerprint density at radius 3 is 2.76 bits per heavy atom. The molecular formula is C16H17N3OS. The van der Waals surface area contributed by atoms with E-state index in [2.05, 4.69) is 35.2 Å². The number of aromatic nitrogens is 2. The number of fused-ring (bicyclic) bond motifs is 1. The molecule has 0 atom stereocenters. The van der Waals surface area contributed by atoms with E-state index in [4.69, 9.17) is 4.74 Å². The van der Waals surface area contributed by atoms with E-state index in [0.29, 0.717) is 12.4 Å². The molecule has 3 aromatic rings. The van der Waals surface area contributed by atoms with Crippen LogP contribution in [0.1, 0.15) is 17.6 Å². The van der Waals surface area contributed by atoms with Crippen molar-refractivity contribution in [3.05, 3.63) is 47.1 Å². The Bertz CT molecular complexity index is 740. The Balaban J connectivity index is 1.88. The highest BCUT2D eigenvalue weighted by atomic mass is 32.1. The van der Waals surface area contributed by atoms with Gasteiger partial charge in [-0.3, -0.25) is 0 Å². The number of para-hydroxylation sites is 1. The maximum atomic E-state index is 5.73. The lowest BCUT2D eigenvalue weighted by atomic mass is 10.3. The van der Waals surface area contributed by atoms with Crippen LogP contribution in [0.15, 0.2) is 36.4 Å². The van der Waals surface area contributed by atoms with Gasteiger partial charge in [0.1, 0.15) is 23.0 Å². The van der Waals surface area contributed by atoms with E-state index in [0.717, 1.165) is 28.3 Å². The molecule has 0 aliphatic rings. The van der Waals surface area contributed by atoms with Gasteiger partial charge in [0.05, 0.1) is 5.39 Å². The van der Waals surface area contributed by atoms with Crippen LogP contribution >= 0.6 is 11.3 Å². The second kappa shape index (κ2) is 6.10. The minimum atomic E-state index is 0.370. The number of hydrogen-bond donors (Lipinski definition) is 1. The van der Waals surface area contributed by atoms with Gasteiger partial charge in [-0.05, 0) is 32.0 Å². The maximum absolute atomic E-state index is 5.73. The van der Waals surface area contributed by atoms with Gasteiger partial charge in [-0.15, -0.1) is 11.3 Å². The van der Waals surface area contributed by atoms with Crippen LogP contribution in [0.25, 0.3) is 10.2 Å². The largest absolute Gasteiger partial charge is 0.486 e. The molecule has 0 bridgehead atoms. The monoisotopic (exact) mass is 299 g/mol. The van der Waals surface area contributed by atoms with E-state index < -0.39 is 0 Å². The van der Waals surface area contributed by atoms with E-state index in [9.17, 15) is 0 Å². The van der Waals surface area contributed by atoms with Gasteiger partial charge in [-0.2, -0.15) is 0 Å². The Morgan fingerprint density at radius 2 is 2.00 bits per heavy atom. The highest BCUT2D eigenvalue weighted by molar-refractivity contribution is 7.18. The number of anilines is 1.